The first-order valence-corrected chi connectivity index (χ1v) is 5.63. The summed E-state index contributed by atoms with van der Waals surface area (Å²) in [6, 6.07) is 5.64. The number of pyridine rings is 1. The lowest BCUT2D eigenvalue weighted by Gasteiger charge is -2.06. The Morgan fingerprint density at radius 2 is 1.93 bits per heavy atom. The Hall–Kier alpha value is -0.800. The van der Waals surface area contributed by atoms with Gasteiger partial charge in [-0.15, -0.1) is 0 Å². The monoisotopic (exact) mass is 285 g/mol. The van der Waals surface area contributed by atoms with Crippen molar-refractivity contribution in [1.82, 2.24) is 4.57 Å². The largest absolute Gasteiger partial charge is 0.302 e. The molecule has 15 heavy (non-hydrogen) atoms. The molecule has 0 atom stereocenters. The molecule has 1 aromatic heterocycles. The molecular formula is C11H9BrClNO. The smallest absolute Gasteiger partial charge is 0.259 e. The van der Waals surface area contributed by atoms with E-state index in [4.69, 9.17) is 11.6 Å². The van der Waals surface area contributed by atoms with Gasteiger partial charge in [0.1, 0.15) is 5.15 Å². The maximum absolute atomic E-state index is 11.9. The summed E-state index contributed by atoms with van der Waals surface area (Å²) in [5, 5.41) is 1.99. The van der Waals surface area contributed by atoms with Crippen molar-refractivity contribution in [3.05, 3.63) is 43.7 Å². The van der Waals surface area contributed by atoms with Crippen molar-refractivity contribution in [2.45, 2.75) is 6.92 Å². The molecule has 2 rings (SSSR count). The van der Waals surface area contributed by atoms with Gasteiger partial charge in [0.05, 0.1) is 0 Å². The minimum atomic E-state index is -0.0677. The first-order chi connectivity index (χ1) is 7.00. The van der Waals surface area contributed by atoms with Gasteiger partial charge in [-0.2, -0.15) is 0 Å². The van der Waals surface area contributed by atoms with Crippen LogP contribution in [0, 0.1) is 6.92 Å². The van der Waals surface area contributed by atoms with Crippen LogP contribution in [-0.4, -0.2) is 4.57 Å². The highest BCUT2D eigenvalue weighted by Gasteiger charge is 2.07. The van der Waals surface area contributed by atoms with Crippen LogP contribution in [0.15, 0.2) is 27.5 Å². The molecule has 1 aromatic carbocycles. The van der Waals surface area contributed by atoms with Crippen molar-refractivity contribution in [1.29, 1.82) is 0 Å². The van der Waals surface area contributed by atoms with Gasteiger partial charge in [0, 0.05) is 22.3 Å². The summed E-state index contributed by atoms with van der Waals surface area (Å²) in [7, 11) is 1.67. The summed E-state index contributed by atoms with van der Waals surface area (Å²) in [4.78, 5) is 11.9. The average molecular weight is 287 g/mol. The predicted octanol–water partition coefficient (Wildman–Crippen LogP) is 3.26. The van der Waals surface area contributed by atoms with Crippen molar-refractivity contribution in [3.8, 4) is 0 Å². The van der Waals surface area contributed by atoms with Gasteiger partial charge in [-0.1, -0.05) is 27.5 Å². The van der Waals surface area contributed by atoms with Crippen LogP contribution < -0.4 is 5.56 Å². The molecule has 0 radical (unpaired) electrons. The van der Waals surface area contributed by atoms with E-state index in [1.54, 1.807) is 13.1 Å². The fraction of sp³-hybridized carbons (Fsp3) is 0.182. The van der Waals surface area contributed by atoms with Crippen LogP contribution in [0.2, 0.25) is 5.15 Å². The molecule has 78 valence electrons. The number of fused-ring (bicyclic) bond motifs is 1. The van der Waals surface area contributed by atoms with Crippen molar-refractivity contribution < 1.29 is 0 Å². The first kappa shape index (κ1) is 10.7. The zero-order valence-corrected chi connectivity index (χ0v) is 10.7. The maximum atomic E-state index is 11.9. The zero-order chi connectivity index (χ0) is 11.2. The third-order valence-corrected chi connectivity index (χ3v) is 3.41. The number of benzene rings is 1. The van der Waals surface area contributed by atoms with Gasteiger partial charge in [-0.25, -0.2) is 0 Å². The Bertz CT molecular complexity index is 604. The fourth-order valence-electron chi connectivity index (χ4n) is 1.57. The van der Waals surface area contributed by atoms with Gasteiger partial charge in [0.2, 0.25) is 0 Å². The standard InChI is InChI=1S/C11H9BrClNO/c1-6-3-8-7(9(12)4-6)5-10(13)14(2)11(8)15/h3-5H,1-2H3. The van der Waals surface area contributed by atoms with Crippen LogP contribution >= 0.6 is 27.5 Å². The van der Waals surface area contributed by atoms with Gasteiger partial charge in [-0.05, 0) is 30.7 Å². The third kappa shape index (κ3) is 1.70. The number of aromatic nitrogens is 1. The zero-order valence-electron chi connectivity index (χ0n) is 8.34. The van der Waals surface area contributed by atoms with Gasteiger partial charge in [-0.3, -0.25) is 4.79 Å². The van der Waals surface area contributed by atoms with Crippen LogP contribution in [0.25, 0.3) is 10.8 Å². The van der Waals surface area contributed by atoms with E-state index in [-0.39, 0.29) is 5.56 Å². The number of halogens is 2. The van der Waals surface area contributed by atoms with E-state index >= 15 is 0 Å². The number of rotatable bonds is 0. The molecule has 4 heteroatoms. The topological polar surface area (TPSA) is 22.0 Å². The number of hydrogen-bond acceptors (Lipinski definition) is 1. The van der Waals surface area contributed by atoms with E-state index < -0.39 is 0 Å². The lowest BCUT2D eigenvalue weighted by Crippen LogP contribution is -2.17. The minimum absolute atomic E-state index is 0.0677. The van der Waals surface area contributed by atoms with Crippen LogP contribution in [0.3, 0.4) is 0 Å². The molecule has 0 saturated carbocycles. The molecule has 0 aliphatic heterocycles. The molecule has 2 nitrogen and oxygen atoms in total. The predicted molar refractivity (Wildman–Crippen MR) is 66.6 cm³/mol. The van der Waals surface area contributed by atoms with Crippen LogP contribution in [0.1, 0.15) is 5.56 Å². The summed E-state index contributed by atoms with van der Waals surface area (Å²) >= 11 is 9.38. The molecule has 0 saturated heterocycles. The highest BCUT2D eigenvalue weighted by molar-refractivity contribution is 9.10. The Morgan fingerprint density at radius 1 is 1.27 bits per heavy atom. The first-order valence-electron chi connectivity index (χ1n) is 4.46. The lowest BCUT2D eigenvalue weighted by atomic mass is 10.1. The van der Waals surface area contributed by atoms with E-state index in [9.17, 15) is 4.79 Å². The average Bonchev–Trinajstić information content (AvgIpc) is 2.17. The van der Waals surface area contributed by atoms with Crippen molar-refractivity contribution >= 4 is 38.3 Å². The van der Waals surface area contributed by atoms with Gasteiger partial charge < -0.3 is 4.57 Å². The van der Waals surface area contributed by atoms with Gasteiger partial charge in [0.25, 0.3) is 5.56 Å². The molecule has 0 N–H and O–H groups in total. The molecule has 0 bridgehead atoms. The van der Waals surface area contributed by atoms with Crippen molar-refractivity contribution in [3.63, 3.8) is 0 Å². The van der Waals surface area contributed by atoms with Crippen LogP contribution in [0.5, 0.6) is 0 Å². The van der Waals surface area contributed by atoms with E-state index in [2.05, 4.69) is 15.9 Å². The second-order valence-electron chi connectivity index (χ2n) is 3.54. The number of hydrogen-bond donors (Lipinski definition) is 0. The second-order valence-corrected chi connectivity index (χ2v) is 4.78. The summed E-state index contributed by atoms with van der Waals surface area (Å²) in [6.07, 6.45) is 0. The highest BCUT2D eigenvalue weighted by Crippen LogP contribution is 2.25. The molecule has 0 aliphatic carbocycles. The Morgan fingerprint density at radius 3 is 2.60 bits per heavy atom. The minimum Gasteiger partial charge on any atom is -0.302 e. The number of aryl methyl sites for hydroxylation is 1. The highest BCUT2D eigenvalue weighted by atomic mass is 79.9. The summed E-state index contributed by atoms with van der Waals surface area (Å²) in [5.41, 5.74) is 0.982. The van der Waals surface area contributed by atoms with E-state index in [0.29, 0.717) is 10.5 Å². The Kier molecular flexibility index (Phi) is 2.61. The van der Waals surface area contributed by atoms with Crippen molar-refractivity contribution in [2.24, 2.45) is 7.05 Å². The maximum Gasteiger partial charge on any atom is 0.259 e. The summed E-state index contributed by atoms with van der Waals surface area (Å²) in [6.45, 7) is 1.96. The van der Waals surface area contributed by atoms with Gasteiger partial charge >= 0.3 is 0 Å². The van der Waals surface area contributed by atoms with E-state index in [1.807, 2.05) is 19.1 Å². The lowest BCUT2D eigenvalue weighted by molar-refractivity contribution is 0.874. The Balaban J connectivity index is 3.06. The molecule has 0 amide bonds. The van der Waals surface area contributed by atoms with Gasteiger partial charge in [0.15, 0.2) is 0 Å². The van der Waals surface area contributed by atoms with Crippen molar-refractivity contribution in [2.75, 3.05) is 0 Å². The third-order valence-electron chi connectivity index (χ3n) is 2.39. The molecule has 0 fully saturated rings. The molecule has 0 spiro atoms. The number of nitrogens with zero attached hydrogens (tertiary/aromatic N) is 1. The normalized spacial score (nSPS) is 10.9. The van der Waals surface area contributed by atoms with Crippen LogP contribution in [0.4, 0.5) is 0 Å². The summed E-state index contributed by atoms with van der Waals surface area (Å²) < 4.78 is 2.34. The molecule has 1 heterocycles. The molecule has 0 unspecified atom stereocenters. The molecule has 2 aromatic rings. The van der Waals surface area contributed by atoms with Crippen LogP contribution in [-0.2, 0) is 7.05 Å². The Labute approximate surface area is 101 Å². The second kappa shape index (κ2) is 3.65. The summed E-state index contributed by atoms with van der Waals surface area (Å²) in [5.74, 6) is 0. The van der Waals surface area contributed by atoms with E-state index in [1.165, 1.54) is 4.57 Å². The van der Waals surface area contributed by atoms with E-state index in [0.717, 1.165) is 15.4 Å². The fourth-order valence-corrected chi connectivity index (χ4v) is 2.45. The molecular weight excluding hydrogens is 277 g/mol. The SMILES string of the molecule is Cc1cc(Br)c2cc(Cl)n(C)c(=O)c2c1. The molecule has 0 aliphatic rings. The quantitative estimate of drug-likeness (QED) is 0.681.